The Balaban J connectivity index is 1.78. The van der Waals surface area contributed by atoms with Crippen molar-refractivity contribution in [3.05, 3.63) is 69.2 Å². The fourth-order valence-corrected chi connectivity index (χ4v) is 3.57. The molecule has 0 aromatic heterocycles. The zero-order valence-corrected chi connectivity index (χ0v) is 14.4. The third-order valence-electron chi connectivity index (χ3n) is 4.43. The zero-order chi connectivity index (χ0) is 18.2. The number of hydrogen-bond donors (Lipinski definition) is 1. The van der Waals surface area contributed by atoms with Gasteiger partial charge in [0.2, 0.25) is 0 Å². The van der Waals surface area contributed by atoms with Gasteiger partial charge in [0.25, 0.3) is 5.91 Å². The van der Waals surface area contributed by atoms with Gasteiger partial charge in [0.05, 0.1) is 11.1 Å². The molecule has 0 radical (unpaired) electrons. The van der Waals surface area contributed by atoms with Gasteiger partial charge in [0.15, 0.2) is 0 Å². The third-order valence-corrected chi connectivity index (χ3v) is 4.99. The molecule has 0 aliphatic heterocycles. The lowest BCUT2D eigenvalue weighted by atomic mass is 9.75. The fourth-order valence-electron chi connectivity index (χ4n) is 3.02. The van der Waals surface area contributed by atoms with Crippen LogP contribution in [-0.2, 0) is 6.18 Å². The van der Waals surface area contributed by atoms with Gasteiger partial charge in [0.1, 0.15) is 0 Å². The lowest BCUT2D eigenvalue weighted by Crippen LogP contribution is -2.45. The predicted molar refractivity (Wildman–Crippen MR) is 91.1 cm³/mol. The molecule has 1 N–H and O–H groups in total. The van der Waals surface area contributed by atoms with Gasteiger partial charge in [0, 0.05) is 22.0 Å². The van der Waals surface area contributed by atoms with E-state index < -0.39 is 17.6 Å². The molecule has 1 aliphatic carbocycles. The van der Waals surface area contributed by atoms with E-state index in [1.54, 1.807) is 18.2 Å². The van der Waals surface area contributed by atoms with Gasteiger partial charge in [-0.15, -0.1) is 0 Å². The molecular formula is C18H14Cl2F3NO. The van der Waals surface area contributed by atoms with E-state index in [4.69, 9.17) is 23.2 Å². The lowest BCUT2D eigenvalue weighted by molar-refractivity contribution is -0.137. The van der Waals surface area contributed by atoms with E-state index >= 15 is 0 Å². The second kappa shape index (κ2) is 6.89. The monoisotopic (exact) mass is 387 g/mol. The van der Waals surface area contributed by atoms with E-state index in [0.29, 0.717) is 16.5 Å². The number of halogens is 5. The molecule has 2 nitrogen and oxygen atoms in total. The molecule has 0 unspecified atom stereocenters. The van der Waals surface area contributed by atoms with Crippen LogP contribution < -0.4 is 5.32 Å². The van der Waals surface area contributed by atoms with Crippen LogP contribution in [0.1, 0.15) is 40.2 Å². The Morgan fingerprint density at radius 2 is 1.80 bits per heavy atom. The molecule has 0 saturated heterocycles. The highest BCUT2D eigenvalue weighted by Crippen LogP contribution is 2.41. The summed E-state index contributed by atoms with van der Waals surface area (Å²) in [6.45, 7) is 0. The van der Waals surface area contributed by atoms with Crippen molar-refractivity contribution in [3.63, 3.8) is 0 Å². The summed E-state index contributed by atoms with van der Waals surface area (Å²) >= 11 is 12.1. The van der Waals surface area contributed by atoms with Crippen molar-refractivity contribution in [2.45, 2.75) is 31.0 Å². The molecule has 0 bridgehead atoms. The van der Waals surface area contributed by atoms with Gasteiger partial charge in [-0.1, -0.05) is 41.4 Å². The second-order valence-electron chi connectivity index (χ2n) is 5.97. The number of benzene rings is 2. The zero-order valence-electron chi connectivity index (χ0n) is 12.9. The Kier molecular flexibility index (Phi) is 4.98. The number of rotatable bonds is 3. The quantitative estimate of drug-likeness (QED) is 0.719. The van der Waals surface area contributed by atoms with E-state index in [2.05, 4.69) is 5.32 Å². The Labute approximate surface area is 152 Å². The second-order valence-corrected chi connectivity index (χ2v) is 6.82. The van der Waals surface area contributed by atoms with Gasteiger partial charge in [-0.2, -0.15) is 13.2 Å². The van der Waals surface area contributed by atoms with Crippen LogP contribution in [0, 0.1) is 0 Å². The third kappa shape index (κ3) is 3.77. The average Bonchev–Trinajstić information content (AvgIpc) is 2.53. The molecule has 1 aliphatic rings. The summed E-state index contributed by atoms with van der Waals surface area (Å²) in [7, 11) is 0. The first-order valence-corrected chi connectivity index (χ1v) is 8.45. The van der Waals surface area contributed by atoms with Crippen LogP contribution >= 0.6 is 23.2 Å². The molecule has 1 saturated carbocycles. The minimum absolute atomic E-state index is 0.0354. The minimum atomic E-state index is -4.58. The summed E-state index contributed by atoms with van der Waals surface area (Å²) in [4.78, 5) is 12.4. The van der Waals surface area contributed by atoms with Crippen LogP contribution in [0.4, 0.5) is 13.2 Å². The van der Waals surface area contributed by atoms with Crippen LogP contribution in [0.5, 0.6) is 0 Å². The highest BCUT2D eigenvalue weighted by atomic mass is 35.5. The van der Waals surface area contributed by atoms with Crippen molar-refractivity contribution < 1.29 is 18.0 Å². The highest BCUT2D eigenvalue weighted by Gasteiger charge is 2.38. The normalized spacial score (nSPS) is 20.0. The maximum Gasteiger partial charge on any atom is 0.417 e. The number of hydrogen-bond acceptors (Lipinski definition) is 1. The molecule has 2 aromatic carbocycles. The SMILES string of the molecule is O=C(N[C@H]1CC[C@H]1c1ccc(Cl)cc1Cl)c1ccccc1C(F)(F)F. The Bertz CT molecular complexity index is 807. The molecule has 1 amide bonds. The van der Waals surface area contributed by atoms with Crippen molar-refractivity contribution in [2.75, 3.05) is 0 Å². The predicted octanol–water partition coefficient (Wildman–Crippen LogP) is 5.69. The minimum Gasteiger partial charge on any atom is -0.349 e. The Morgan fingerprint density at radius 1 is 1.08 bits per heavy atom. The van der Waals surface area contributed by atoms with E-state index in [0.717, 1.165) is 18.1 Å². The molecule has 3 rings (SSSR count). The summed E-state index contributed by atoms with van der Waals surface area (Å²) in [6, 6.07) is 9.62. The van der Waals surface area contributed by atoms with Gasteiger partial charge in [-0.3, -0.25) is 4.79 Å². The van der Waals surface area contributed by atoms with Gasteiger partial charge >= 0.3 is 6.18 Å². The first-order valence-electron chi connectivity index (χ1n) is 7.69. The molecule has 1 fully saturated rings. The molecule has 2 atom stereocenters. The van der Waals surface area contributed by atoms with Crippen LogP contribution in [0.2, 0.25) is 10.0 Å². The molecule has 132 valence electrons. The summed E-state index contributed by atoms with van der Waals surface area (Å²) < 4.78 is 39.2. The average molecular weight is 388 g/mol. The standard InChI is InChI=1S/C18H14Cl2F3NO/c19-10-5-6-11(15(20)9-10)12-7-8-16(12)24-17(25)13-3-1-2-4-14(13)18(21,22)23/h1-6,9,12,16H,7-8H2,(H,24,25)/t12-,16-/m0/s1. The maximum absolute atomic E-state index is 13.1. The molecule has 0 heterocycles. The number of nitrogens with one attached hydrogen (secondary N) is 1. The van der Waals surface area contributed by atoms with Crippen molar-refractivity contribution in [1.29, 1.82) is 0 Å². The summed E-state index contributed by atoms with van der Waals surface area (Å²) in [5, 5.41) is 3.70. The highest BCUT2D eigenvalue weighted by molar-refractivity contribution is 6.35. The summed E-state index contributed by atoms with van der Waals surface area (Å²) in [5.74, 6) is -0.764. The molecule has 2 aromatic rings. The number of carbonyl (C=O) groups excluding carboxylic acids is 1. The fraction of sp³-hybridized carbons (Fsp3) is 0.278. The Morgan fingerprint density at radius 3 is 2.40 bits per heavy atom. The van der Waals surface area contributed by atoms with Crippen molar-refractivity contribution >= 4 is 29.1 Å². The first-order chi connectivity index (χ1) is 11.8. The number of carbonyl (C=O) groups is 1. The van der Waals surface area contributed by atoms with Crippen LogP contribution in [0.25, 0.3) is 0 Å². The van der Waals surface area contributed by atoms with Crippen molar-refractivity contribution in [3.8, 4) is 0 Å². The number of alkyl halides is 3. The number of amides is 1. The summed E-state index contributed by atoms with van der Waals surface area (Å²) in [5.41, 5.74) is -0.470. The largest absolute Gasteiger partial charge is 0.417 e. The van der Waals surface area contributed by atoms with E-state index in [1.165, 1.54) is 18.2 Å². The topological polar surface area (TPSA) is 29.1 Å². The Hall–Kier alpha value is -1.72. The van der Waals surface area contributed by atoms with E-state index in [-0.39, 0.29) is 17.5 Å². The summed E-state index contributed by atoms with van der Waals surface area (Å²) in [6.07, 6.45) is -3.09. The van der Waals surface area contributed by atoms with E-state index in [9.17, 15) is 18.0 Å². The first kappa shape index (κ1) is 18.1. The molecule has 25 heavy (non-hydrogen) atoms. The van der Waals surface area contributed by atoms with Crippen LogP contribution in [-0.4, -0.2) is 11.9 Å². The van der Waals surface area contributed by atoms with Gasteiger partial charge in [-0.05, 0) is 42.7 Å². The lowest BCUT2D eigenvalue weighted by Gasteiger charge is -2.38. The smallest absolute Gasteiger partial charge is 0.349 e. The molecule has 0 spiro atoms. The maximum atomic E-state index is 13.1. The van der Waals surface area contributed by atoms with Crippen molar-refractivity contribution in [1.82, 2.24) is 5.32 Å². The molecule has 7 heteroatoms. The van der Waals surface area contributed by atoms with Crippen molar-refractivity contribution in [2.24, 2.45) is 0 Å². The van der Waals surface area contributed by atoms with Crippen LogP contribution in [0.3, 0.4) is 0 Å². The van der Waals surface area contributed by atoms with Gasteiger partial charge < -0.3 is 5.32 Å². The molecular weight excluding hydrogens is 374 g/mol. The van der Waals surface area contributed by atoms with E-state index in [1.807, 2.05) is 0 Å². The van der Waals surface area contributed by atoms with Crippen LogP contribution in [0.15, 0.2) is 42.5 Å². The van der Waals surface area contributed by atoms with Gasteiger partial charge in [-0.25, -0.2) is 0 Å².